The molecule has 1 aliphatic heterocycles. The van der Waals surface area contributed by atoms with E-state index in [-0.39, 0.29) is 5.41 Å². The largest absolute Gasteiger partial charge is 0.381 e. The van der Waals surface area contributed by atoms with Gasteiger partial charge in [0, 0.05) is 36.2 Å². The Bertz CT molecular complexity index is 551. The molecule has 0 aromatic heterocycles. The molecule has 0 bridgehead atoms. The second-order valence-electron chi connectivity index (χ2n) is 6.49. The molecule has 0 spiro atoms. The second kappa shape index (κ2) is 7.54. The lowest BCUT2D eigenvalue weighted by Gasteiger charge is -2.37. The minimum Gasteiger partial charge on any atom is -0.381 e. The van der Waals surface area contributed by atoms with Crippen LogP contribution in [0.5, 0.6) is 0 Å². The van der Waals surface area contributed by atoms with Crippen molar-refractivity contribution in [1.82, 2.24) is 10.6 Å². The third kappa shape index (κ3) is 4.18. The Balaban J connectivity index is 1.82. The molecule has 1 saturated heterocycles. The summed E-state index contributed by atoms with van der Waals surface area (Å²) in [5.74, 6) is 0.924. The number of hydrogen-bond acceptors (Lipinski definition) is 2. The van der Waals surface area contributed by atoms with Crippen LogP contribution in [-0.2, 0) is 10.2 Å². The van der Waals surface area contributed by atoms with E-state index >= 15 is 0 Å². The zero-order chi connectivity index (χ0) is 16.1. The van der Waals surface area contributed by atoms with Crippen LogP contribution in [0.1, 0.15) is 38.2 Å². The van der Waals surface area contributed by atoms with Gasteiger partial charge in [0.1, 0.15) is 0 Å². The van der Waals surface area contributed by atoms with E-state index in [1.54, 1.807) is 0 Å². The van der Waals surface area contributed by atoms with Crippen LogP contribution in [-0.4, -0.2) is 38.3 Å². The molecule has 1 saturated carbocycles. The van der Waals surface area contributed by atoms with E-state index in [0.29, 0.717) is 6.04 Å². The Hall–Kier alpha value is -1.26. The van der Waals surface area contributed by atoms with Crippen molar-refractivity contribution < 1.29 is 4.74 Å². The normalized spacial score (nSPS) is 21.0. The average Bonchev–Trinajstić information content (AvgIpc) is 3.38. The Labute approximate surface area is 143 Å². The molecule has 126 valence electrons. The van der Waals surface area contributed by atoms with Crippen molar-refractivity contribution in [3.8, 4) is 0 Å². The van der Waals surface area contributed by atoms with Gasteiger partial charge in [0.05, 0.1) is 6.54 Å². The highest BCUT2D eigenvalue weighted by molar-refractivity contribution is 6.31. The van der Waals surface area contributed by atoms with Crippen molar-refractivity contribution in [3.05, 3.63) is 34.9 Å². The van der Waals surface area contributed by atoms with Gasteiger partial charge in [-0.3, -0.25) is 4.99 Å². The summed E-state index contributed by atoms with van der Waals surface area (Å²) in [6, 6.07) is 8.77. The van der Waals surface area contributed by atoms with Gasteiger partial charge in [0.25, 0.3) is 0 Å². The SMILES string of the molecule is CCNC(=NCC1(c2ccccc2Cl)CCOCC1)NC1CC1. The molecule has 2 fully saturated rings. The molecule has 3 rings (SSSR count). The molecule has 1 aliphatic carbocycles. The van der Waals surface area contributed by atoms with Gasteiger partial charge in [-0.25, -0.2) is 0 Å². The average molecular weight is 336 g/mol. The Kier molecular flexibility index (Phi) is 5.44. The van der Waals surface area contributed by atoms with Gasteiger partial charge in [0.15, 0.2) is 5.96 Å². The van der Waals surface area contributed by atoms with Gasteiger partial charge in [-0.05, 0) is 44.2 Å². The van der Waals surface area contributed by atoms with Crippen LogP contribution < -0.4 is 10.6 Å². The second-order valence-corrected chi connectivity index (χ2v) is 6.89. The van der Waals surface area contributed by atoms with E-state index in [9.17, 15) is 0 Å². The van der Waals surface area contributed by atoms with Gasteiger partial charge in [-0.15, -0.1) is 0 Å². The molecule has 1 aromatic carbocycles. The van der Waals surface area contributed by atoms with Crippen molar-refractivity contribution in [1.29, 1.82) is 0 Å². The Morgan fingerprint density at radius 3 is 2.70 bits per heavy atom. The fraction of sp³-hybridized carbons (Fsp3) is 0.611. The lowest BCUT2D eigenvalue weighted by atomic mass is 9.74. The molecule has 1 heterocycles. The molecule has 2 aliphatic rings. The van der Waals surface area contributed by atoms with Gasteiger partial charge in [-0.2, -0.15) is 0 Å². The van der Waals surface area contributed by atoms with Crippen molar-refractivity contribution in [2.75, 3.05) is 26.3 Å². The quantitative estimate of drug-likeness (QED) is 0.642. The number of hydrogen-bond donors (Lipinski definition) is 2. The first-order valence-electron chi connectivity index (χ1n) is 8.61. The molecule has 23 heavy (non-hydrogen) atoms. The molecule has 4 nitrogen and oxygen atoms in total. The summed E-state index contributed by atoms with van der Waals surface area (Å²) in [5, 5.41) is 7.68. The monoisotopic (exact) mass is 335 g/mol. The lowest BCUT2D eigenvalue weighted by molar-refractivity contribution is 0.0531. The number of aliphatic imine (C=N–C) groups is 1. The predicted molar refractivity (Wildman–Crippen MR) is 95.3 cm³/mol. The number of guanidine groups is 1. The van der Waals surface area contributed by atoms with Crippen molar-refractivity contribution >= 4 is 17.6 Å². The standard InChI is InChI=1S/C18H26ClN3O/c1-2-20-17(22-14-7-8-14)21-13-18(9-11-23-12-10-18)15-5-3-4-6-16(15)19/h3-6,14H,2,7-13H2,1H3,(H2,20,21,22). The third-order valence-electron chi connectivity index (χ3n) is 4.70. The molecule has 0 unspecified atom stereocenters. The Morgan fingerprint density at radius 1 is 1.30 bits per heavy atom. The number of nitrogens with one attached hydrogen (secondary N) is 2. The fourth-order valence-corrected chi connectivity index (χ4v) is 3.47. The van der Waals surface area contributed by atoms with Crippen molar-refractivity contribution in [2.24, 2.45) is 4.99 Å². The van der Waals surface area contributed by atoms with Gasteiger partial charge >= 0.3 is 0 Å². The lowest BCUT2D eigenvalue weighted by Crippen LogP contribution is -2.42. The number of rotatable bonds is 5. The predicted octanol–water partition coefficient (Wildman–Crippen LogP) is 3.11. The molecule has 0 atom stereocenters. The first-order valence-corrected chi connectivity index (χ1v) is 8.99. The molecular weight excluding hydrogens is 310 g/mol. The number of halogens is 1. The molecule has 0 amide bonds. The molecule has 0 radical (unpaired) electrons. The van der Waals surface area contributed by atoms with Crippen LogP contribution in [0.3, 0.4) is 0 Å². The highest BCUT2D eigenvalue weighted by Gasteiger charge is 2.36. The summed E-state index contributed by atoms with van der Waals surface area (Å²) in [6.07, 6.45) is 4.41. The van der Waals surface area contributed by atoms with Crippen LogP contribution >= 0.6 is 11.6 Å². The third-order valence-corrected chi connectivity index (χ3v) is 5.03. The van der Waals surface area contributed by atoms with E-state index in [1.165, 1.54) is 18.4 Å². The fourth-order valence-electron chi connectivity index (χ4n) is 3.14. The maximum atomic E-state index is 6.50. The topological polar surface area (TPSA) is 45.7 Å². The summed E-state index contributed by atoms with van der Waals surface area (Å²) in [7, 11) is 0. The van der Waals surface area contributed by atoms with E-state index in [0.717, 1.165) is 50.1 Å². The van der Waals surface area contributed by atoms with Crippen molar-refractivity contribution in [2.45, 2.75) is 44.1 Å². The highest BCUT2D eigenvalue weighted by atomic mass is 35.5. The highest BCUT2D eigenvalue weighted by Crippen LogP contribution is 2.38. The minimum absolute atomic E-state index is 0.0253. The number of benzene rings is 1. The van der Waals surface area contributed by atoms with E-state index < -0.39 is 0 Å². The van der Waals surface area contributed by atoms with Gasteiger partial charge in [-0.1, -0.05) is 29.8 Å². The maximum absolute atomic E-state index is 6.50. The minimum atomic E-state index is -0.0253. The number of ether oxygens (including phenoxy) is 1. The molecule has 2 N–H and O–H groups in total. The van der Waals surface area contributed by atoms with Crippen LogP contribution in [0.2, 0.25) is 5.02 Å². The Morgan fingerprint density at radius 2 is 2.04 bits per heavy atom. The van der Waals surface area contributed by atoms with Crippen LogP contribution in [0, 0.1) is 0 Å². The molecule has 5 heteroatoms. The van der Waals surface area contributed by atoms with Crippen LogP contribution in [0.4, 0.5) is 0 Å². The summed E-state index contributed by atoms with van der Waals surface area (Å²) in [4.78, 5) is 4.89. The first-order chi connectivity index (χ1) is 11.2. The summed E-state index contributed by atoms with van der Waals surface area (Å²) in [6.45, 7) is 5.26. The zero-order valence-corrected chi connectivity index (χ0v) is 14.5. The first kappa shape index (κ1) is 16.6. The molecular formula is C18H26ClN3O. The van der Waals surface area contributed by atoms with E-state index in [4.69, 9.17) is 21.3 Å². The van der Waals surface area contributed by atoms with Crippen LogP contribution in [0.25, 0.3) is 0 Å². The smallest absolute Gasteiger partial charge is 0.191 e. The number of nitrogens with zero attached hydrogens (tertiary/aromatic N) is 1. The van der Waals surface area contributed by atoms with E-state index in [2.05, 4.69) is 29.7 Å². The van der Waals surface area contributed by atoms with E-state index in [1.807, 2.05) is 12.1 Å². The van der Waals surface area contributed by atoms with Crippen molar-refractivity contribution in [3.63, 3.8) is 0 Å². The maximum Gasteiger partial charge on any atom is 0.191 e. The summed E-state index contributed by atoms with van der Waals surface area (Å²) >= 11 is 6.50. The molecule has 1 aromatic rings. The van der Waals surface area contributed by atoms with Gasteiger partial charge in [0.2, 0.25) is 0 Å². The zero-order valence-electron chi connectivity index (χ0n) is 13.8. The van der Waals surface area contributed by atoms with Gasteiger partial charge < -0.3 is 15.4 Å². The summed E-state index contributed by atoms with van der Waals surface area (Å²) < 4.78 is 5.59. The summed E-state index contributed by atoms with van der Waals surface area (Å²) in [5.41, 5.74) is 1.18. The van der Waals surface area contributed by atoms with Crippen LogP contribution in [0.15, 0.2) is 29.3 Å².